The first-order chi connectivity index (χ1) is 9.81. The predicted octanol–water partition coefficient (Wildman–Crippen LogP) is 4.46. The van der Waals surface area contributed by atoms with E-state index < -0.39 is 0 Å². The molecule has 0 aliphatic carbocycles. The summed E-state index contributed by atoms with van der Waals surface area (Å²) in [4.78, 5) is 3.27. The Labute approximate surface area is 121 Å². The van der Waals surface area contributed by atoms with Crippen molar-refractivity contribution in [2.45, 2.75) is 12.8 Å². The summed E-state index contributed by atoms with van der Waals surface area (Å²) in [6, 6.07) is 14.0. The van der Waals surface area contributed by atoms with Crippen LogP contribution in [0, 0.1) is 0 Å². The highest BCUT2D eigenvalue weighted by molar-refractivity contribution is 6.30. The monoisotopic (exact) mass is 284 g/mol. The Morgan fingerprint density at radius 3 is 3.00 bits per heavy atom. The summed E-state index contributed by atoms with van der Waals surface area (Å²) in [5, 5.41) is 5.31. The van der Waals surface area contributed by atoms with Crippen molar-refractivity contribution in [3.8, 4) is 0 Å². The van der Waals surface area contributed by atoms with Crippen LogP contribution in [0.5, 0.6) is 0 Å². The molecule has 100 valence electrons. The molecule has 3 nitrogen and oxygen atoms in total. The second-order valence-corrected chi connectivity index (χ2v) is 5.36. The number of aromatic nitrogens is 1. The third kappa shape index (κ3) is 1.87. The molecule has 1 aromatic heterocycles. The van der Waals surface area contributed by atoms with Crippen LogP contribution in [0.3, 0.4) is 0 Å². The zero-order chi connectivity index (χ0) is 13.5. The predicted molar refractivity (Wildman–Crippen MR) is 80.9 cm³/mol. The number of nitrogens with one attached hydrogen (secondary N) is 2. The van der Waals surface area contributed by atoms with Gasteiger partial charge in [-0.15, -0.1) is 0 Å². The summed E-state index contributed by atoms with van der Waals surface area (Å²) in [5.74, 6) is 0. The van der Waals surface area contributed by atoms with E-state index in [1.807, 2.05) is 36.5 Å². The van der Waals surface area contributed by atoms with Gasteiger partial charge in [-0.2, -0.15) is 0 Å². The fraction of sp³-hybridized carbons (Fsp3) is 0.125. The van der Waals surface area contributed by atoms with Gasteiger partial charge in [-0.1, -0.05) is 35.9 Å². The molecule has 0 fully saturated rings. The van der Waals surface area contributed by atoms with Crippen molar-refractivity contribution >= 4 is 28.2 Å². The van der Waals surface area contributed by atoms with E-state index in [0.717, 1.165) is 27.4 Å². The van der Waals surface area contributed by atoms with Crippen LogP contribution in [0.1, 0.15) is 17.4 Å². The minimum atomic E-state index is -0.155. The minimum Gasteiger partial charge on any atom is -0.361 e. The van der Waals surface area contributed by atoms with Gasteiger partial charge in [-0.25, -0.2) is 0 Å². The quantitative estimate of drug-likeness (QED) is 0.692. The standard InChI is InChI=1S/C16H13ClN2O/c17-11-6-5-10-9-20-16(19-15(10)7-11)13-8-18-14-4-2-1-3-12(13)14/h1-8,16,18-19H,9H2. The largest absolute Gasteiger partial charge is 0.361 e. The van der Waals surface area contributed by atoms with Gasteiger partial charge >= 0.3 is 0 Å². The Bertz CT molecular complexity index is 781. The number of para-hydroxylation sites is 1. The van der Waals surface area contributed by atoms with Crippen LogP contribution in [0.2, 0.25) is 5.02 Å². The van der Waals surface area contributed by atoms with E-state index in [9.17, 15) is 0 Å². The molecule has 4 rings (SSSR count). The number of H-pyrrole nitrogens is 1. The molecule has 1 unspecified atom stereocenters. The SMILES string of the molecule is Clc1ccc2c(c1)NC(c1c[nH]c3ccccc13)OC2. The summed E-state index contributed by atoms with van der Waals surface area (Å²) >= 11 is 6.06. The van der Waals surface area contributed by atoms with Gasteiger partial charge in [0, 0.05) is 38.9 Å². The van der Waals surface area contributed by atoms with E-state index in [0.29, 0.717) is 6.61 Å². The van der Waals surface area contributed by atoms with Gasteiger partial charge in [-0.3, -0.25) is 0 Å². The number of rotatable bonds is 1. The normalized spacial score (nSPS) is 17.8. The van der Waals surface area contributed by atoms with Crippen LogP contribution in [0.25, 0.3) is 10.9 Å². The van der Waals surface area contributed by atoms with Crippen molar-refractivity contribution < 1.29 is 4.74 Å². The molecule has 0 spiro atoms. The van der Waals surface area contributed by atoms with E-state index in [1.165, 1.54) is 5.39 Å². The van der Waals surface area contributed by atoms with Crippen LogP contribution in [-0.4, -0.2) is 4.98 Å². The molecular formula is C16H13ClN2O. The number of hydrogen-bond donors (Lipinski definition) is 2. The highest BCUT2D eigenvalue weighted by atomic mass is 35.5. The number of aromatic amines is 1. The van der Waals surface area contributed by atoms with E-state index in [4.69, 9.17) is 16.3 Å². The molecule has 0 amide bonds. The molecule has 2 N–H and O–H groups in total. The molecular weight excluding hydrogens is 272 g/mol. The van der Waals surface area contributed by atoms with Gasteiger partial charge in [-0.05, 0) is 18.2 Å². The maximum Gasteiger partial charge on any atom is 0.156 e. The van der Waals surface area contributed by atoms with E-state index in [-0.39, 0.29) is 6.23 Å². The maximum absolute atomic E-state index is 6.06. The highest BCUT2D eigenvalue weighted by Gasteiger charge is 2.22. The third-order valence-corrected chi connectivity index (χ3v) is 3.90. The van der Waals surface area contributed by atoms with Gasteiger partial charge < -0.3 is 15.0 Å². The van der Waals surface area contributed by atoms with Crippen molar-refractivity contribution in [3.05, 3.63) is 64.8 Å². The molecule has 2 aromatic carbocycles. The number of halogens is 1. The topological polar surface area (TPSA) is 37.0 Å². The Balaban J connectivity index is 1.74. The van der Waals surface area contributed by atoms with Gasteiger partial charge in [0.15, 0.2) is 6.23 Å². The fourth-order valence-electron chi connectivity index (χ4n) is 2.64. The average molecular weight is 285 g/mol. The van der Waals surface area contributed by atoms with Crippen LogP contribution in [0.15, 0.2) is 48.7 Å². The van der Waals surface area contributed by atoms with E-state index in [2.05, 4.69) is 22.4 Å². The van der Waals surface area contributed by atoms with Gasteiger partial charge in [0.25, 0.3) is 0 Å². The maximum atomic E-state index is 6.06. The average Bonchev–Trinajstić information content (AvgIpc) is 2.90. The lowest BCUT2D eigenvalue weighted by Gasteiger charge is -2.27. The van der Waals surface area contributed by atoms with Gasteiger partial charge in [0.1, 0.15) is 0 Å². The smallest absolute Gasteiger partial charge is 0.156 e. The fourth-order valence-corrected chi connectivity index (χ4v) is 2.82. The van der Waals surface area contributed by atoms with Crippen LogP contribution >= 0.6 is 11.6 Å². The highest BCUT2D eigenvalue weighted by Crippen LogP contribution is 2.34. The molecule has 0 bridgehead atoms. The number of fused-ring (bicyclic) bond motifs is 2. The zero-order valence-electron chi connectivity index (χ0n) is 10.7. The Morgan fingerprint density at radius 1 is 1.15 bits per heavy atom. The van der Waals surface area contributed by atoms with E-state index >= 15 is 0 Å². The van der Waals surface area contributed by atoms with Crippen molar-refractivity contribution in [2.75, 3.05) is 5.32 Å². The lowest BCUT2D eigenvalue weighted by Crippen LogP contribution is -2.20. The summed E-state index contributed by atoms with van der Waals surface area (Å²) in [6.07, 6.45) is 1.84. The summed E-state index contributed by atoms with van der Waals surface area (Å²) in [6.45, 7) is 0.587. The molecule has 1 aliphatic rings. The second-order valence-electron chi connectivity index (χ2n) is 4.93. The Hall–Kier alpha value is -1.97. The minimum absolute atomic E-state index is 0.155. The summed E-state index contributed by atoms with van der Waals surface area (Å²) < 4.78 is 5.92. The molecule has 20 heavy (non-hydrogen) atoms. The molecule has 0 saturated carbocycles. The lowest BCUT2D eigenvalue weighted by molar-refractivity contribution is 0.0516. The molecule has 1 aliphatic heterocycles. The zero-order valence-corrected chi connectivity index (χ0v) is 11.4. The number of benzene rings is 2. The van der Waals surface area contributed by atoms with Crippen LogP contribution < -0.4 is 5.32 Å². The first-order valence-corrected chi connectivity index (χ1v) is 6.91. The first kappa shape index (κ1) is 11.8. The molecule has 3 aromatic rings. The molecule has 0 radical (unpaired) electrons. The number of ether oxygens (including phenoxy) is 1. The van der Waals surface area contributed by atoms with Crippen molar-refractivity contribution in [2.24, 2.45) is 0 Å². The van der Waals surface area contributed by atoms with Crippen molar-refractivity contribution in [1.29, 1.82) is 0 Å². The Morgan fingerprint density at radius 2 is 2.05 bits per heavy atom. The van der Waals surface area contributed by atoms with Crippen molar-refractivity contribution in [1.82, 2.24) is 4.98 Å². The second kappa shape index (κ2) is 4.54. The summed E-state index contributed by atoms with van der Waals surface area (Å²) in [7, 11) is 0. The third-order valence-electron chi connectivity index (χ3n) is 3.67. The van der Waals surface area contributed by atoms with Crippen molar-refractivity contribution in [3.63, 3.8) is 0 Å². The van der Waals surface area contributed by atoms with E-state index in [1.54, 1.807) is 0 Å². The number of hydrogen-bond acceptors (Lipinski definition) is 2. The first-order valence-electron chi connectivity index (χ1n) is 6.54. The molecule has 1 atom stereocenters. The molecule has 0 saturated heterocycles. The van der Waals surface area contributed by atoms with Crippen LogP contribution in [0.4, 0.5) is 5.69 Å². The lowest BCUT2D eigenvalue weighted by atomic mass is 10.1. The summed E-state index contributed by atoms with van der Waals surface area (Å²) in [5.41, 5.74) is 4.40. The molecule has 4 heteroatoms. The Kier molecular flexibility index (Phi) is 2.69. The van der Waals surface area contributed by atoms with Gasteiger partial charge in [0.05, 0.1) is 6.61 Å². The van der Waals surface area contributed by atoms with Gasteiger partial charge in [0.2, 0.25) is 0 Å². The number of anilines is 1. The van der Waals surface area contributed by atoms with Crippen LogP contribution in [-0.2, 0) is 11.3 Å². The molecule has 2 heterocycles.